The number of aromatic nitrogens is 2. The fourth-order valence-corrected chi connectivity index (χ4v) is 3.75. The van der Waals surface area contributed by atoms with E-state index in [1.807, 2.05) is 0 Å². The van der Waals surface area contributed by atoms with Crippen LogP contribution in [0.5, 0.6) is 0 Å². The summed E-state index contributed by atoms with van der Waals surface area (Å²) in [6, 6.07) is 4.64. The second-order valence-electron chi connectivity index (χ2n) is 3.94. The van der Waals surface area contributed by atoms with Gasteiger partial charge in [0.2, 0.25) is 0 Å². The van der Waals surface area contributed by atoms with Crippen molar-refractivity contribution < 1.29 is 8.42 Å². The van der Waals surface area contributed by atoms with Crippen molar-refractivity contribution in [3.05, 3.63) is 41.2 Å². The van der Waals surface area contributed by atoms with Crippen molar-refractivity contribution >= 4 is 27.1 Å². The lowest BCUT2D eigenvalue weighted by molar-refractivity contribution is 0.595. The Morgan fingerprint density at radius 2 is 2.17 bits per heavy atom. The smallest absolute Gasteiger partial charge is 0.186 e. The molecule has 0 radical (unpaired) electrons. The molecule has 1 aromatic carbocycles. The number of halogens is 1. The molecule has 2 rings (SSSR count). The second-order valence-corrected chi connectivity index (χ2v) is 6.27. The molecule has 0 atom stereocenters. The summed E-state index contributed by atoms with van der Waals surface area (Å²) < 4.78 is 26.0. The van der Waals surface area contributed by atoms with Crippen LogP contribution in [-0.4, -0.2) is 18.2 Å². The van der Waals surface area contributed by atoms with Crippen molar-refractivity contribution in [3.8, 4) is 0 Å². The van der Waals surface area contributed by atoms with E-state index in [-0.39, 0.29) is 21.4 Å². The fraction of sp³-hybridized carbons (Fsp3) is 0.182. The van der Waals surface area contributed by atoms with E-state index in [0.29, 0.717) is 5.56 Å². The summed E-state index contributed by atoms with van der Waals surface area (Å²) in [4.78, 5) is -0.0180. The van der Waals surface area contributed by atoms with Gasteiger partial charge in [-0.15, -0.1) is 0 Å². The van der Waals surface area contributed by atoms with Crippen molar-refractivity contribution in [2.24, 2.45) is 7.05 Å². The number of anilines is 1. The molecule has 2 N–H and O–H groups in total. The number of rotatable bonds is 3. The highest BCUT2D eigenvalue weighted by molar-refractivity contribution is 7.91. The third kappa shape index (κ3) is 2.49. The van der Waals surface area contributed by atoms with Gasteiger partial charge in [0.25, 0.3) is 0 Å². The minimum absolute atomic E-state index is 0.0180. The van der Waals surface area contributed by atoms with Gasteiger partial charge in [0.15, 0.2) is 9.84 Å². The first kappa shape index (κ1) is 12.9. The van der Waals surface area contributed by atoms with Crippen molar-refractivity contribution in [1.29, 1.82) is 0 Å². The fourth-order valence-electron chi connectivity index (χ4n) is 1.69. The molecule has 2 aromatic rings. The summed E-state index contributed by atoms with van der Waals surface area (Å²) in [6.07, 6.45) is 3.15. The van der Waals surface area contributed by atoms with E-state index >= 15 is 0 Å². The molecule has 1 aromatic heterocycles. The predicted molar refractivity (Wildman–Crippen MR) is 70.0 cm³/mol. The van der Waals surface area contributed by atoms with Gasteiger partial charge in [-0.1, -0.05) is 17.7 Å². The van der Waals surface area contributed by atoms with Crippen LogP contribution in [0.2, 0.25) is 5.02 Å². The highest BCUT2D eigenvalue weighted by Gasteiger charge is 2.22. The Balaban J connectivity index is 2.43. The van der Waals surface area contributed by atoms with Crippen LogP contribution in [0, 0.1) is 0 Å². The summed E-state index contributed by atoms with van der Waals surface area (Å²) in [6.45, 7) is 0. The summed E-state index contributed by atoms with van der Waals surface area (Å²) in [5, 5.41) is 4.07. The molecule has 0 amide bonds. The monoisotopic (exact) mass is 285 g/mol. The van der Waals surface area contributed by atoms with Gasteiger partial charge in [0.05, 0.1) is 22.7 Å². The number of nitrogens with zero attached hydrogens (tertiary/aromatic N) is 2. The Hall–Kier alpha value is -1.53. The topological polar surface area (TPSA) is 78.0 Å². The lowest BCUT2D eigenvalue weighted by Crippen LogP contribution is -2.08. The maximum absolute atomic E-state index is 12.3. The SMILES string of the molecule is Cn1cc(CS(=O)(=O)c2c(N)cccc2Cl)cn1. The maximum Gasteiger partial charge on any atom is 0.186 e. The molecular formula is C11H12ClN3O2S. The number of aryl methyl sites for hydroxylation is 1. The largest absolute Gasteiger partial charge is 0.398 e. The average Bonchev–Trinajstić information content (AvgIpc) is 2.62. The molecule has 0 unspecified atom stereocenters. The Morgan fingerprint density at radius 1 is 1.44 bits per heavy atom. The lowest BCUT2D eigenvalue weighted by atomic mass is 10.3. The molecule has 0 saturated carbocycles. The van der Waals surface area contributed by atoms with E-state index in [2.05, 4.69) is 5.10 Å². The van der Waals surface area contributed by atoms with Crippen molar-refractivity contribution in [1.82, 2.24) is 9.78 Å². The summed E-state index contributed by atoms with van der Waals surface area (Å²) >= 11 is 5.91. The first-order chi connectivity index (χ1) is 8.40. The van der Waals surface area contributed by atoms with E-state index in [0.717, 1.165) is 0 Å². The molecule has 0 aliphatic heterocycles. The Labute approximate surface area is 110 Å². The predicted octanol–water partition coefficient (Wildman–Crippen LogP) is 1.63. The van der Waals surface area contributed by atoms with Gasteiger partial charge in [-0.05, 0) is 12.1 Å². The summed E-state index contributed by atoms with van der Waals surface area (Å²) in [5.41, 5.74) is 6.43. The third-order valence-corrected chi connectivity index (χ3v) is 4.64. The van der Waals surface area contributed by atoms with Crippen LogP contribution in [-0.2, 0) is 22.6 Å². The van der Waals surface area contributed by atoms with Crippen LogP contribution >= 0.6 is 11.6 Å². The quantitative estimate of drug-likeness (QED) is 0.870. The minimum Gasteiger partial charge on any atom is -0.398 e. The number of nitrogen functional groups attached to an aromatic ring is 1. The number of hydrogen-bond donors (Lipinski definition) is 1. The van der Waals surface area contributed by atoms with Gasteiger partial charge >= 0.3 is 0 Å². The number of nitrogens with two attached hydrogens (primary N) is 1. The van der Waals surface area contributed by atoms with Gasteiger partial charge < -0.3 is 5.73 Å². The zero-order valence-electron chi connectivity index (χ0n) is 9.67. The highest BCUT2D eigenvalue weighted by atomic mass is 35.5. The molecule has 0 spiro atoms. The van der Waals surface area contributed by atoms with Crippen LogP contribution in [0.15, 0.2) is 35.5 Å². The van der Waals surface area contributed by atoms with Gasteiger partial charge in [-0.2, -0.15) is 5.10 Å². The number of benzene rings is 1. The molecular weight excluding hydrogens is 274 g/mol. The van der Waals surface area contributed by atoms with Crippen LogP contribution in [0.3, 0.4) is 0 Å². The van der Waals surface area contributed by atoms with Crippen LogP contribution in [0.4, 0.5) is 5.69 Å². The van der Waals surface area contributed by atoms with E-state index < -0.39 is 9.84 Å². The molecule has 0 aliphatic carbocycles. The minimum atomic E-state index is -3.57. The molecule has 0 saturated heterocycles. The molecule has 1 heterocycles. The Bertz CT molecular complexity index is 659. The lowest BCUT2D eigenvalue weighted by Gasteiger charge is -2.08. The molecule has 18 heavy (non-hydrogen) atoms. The van der Waals surface area contributed by atoms with Gasteiger partial charge in [-0.25, -0.2) is 8.42 Å². The molecule has 5 nitrogen and oxygen atoms in total. The van der Waals surface area contributed by atoms with Crippen LogP contribution < -0.4 is 5.73 Å². The first-order valence-electron chi connectivity index (χ1n) is 5.14. The molecule has 0 aliphatic rings. The normalized spacial score (nSPS) is 11.7. The van der Waals surface area contributed by atoms with E-state index in [4.69, 9.17) is 17.3 Å². The third-order valence-electron chi connectivity index (χ3n) is 2.42. The average molecular weight is 286 g/mol. The summed E-state index contributed by atoms with van der Waals surface area (Å²) in [5.74, 6) is -0.172. The van der Waals surface area contributed by atoms with Crippen LogP contribution in [0.1, 0.15) is 5.56 Å². The van der Waals surface area contributed by atoms with Crippen molar-refractivity contribution in [2.45, 2.75) is 10.6 Å². The number of sulfone groups is 1. The van der Waals surface area contributed by atoms with Gasteiger partial charge in [-0.3, -0.25) is 4.68 Å². The number of hydrogen-bond acceptors (Lipinski definition) is 4. The van der Waals surface area contributed by atoms with Crippen molar-refractivity contribution in [3.63, 3.8) is 0 Å². The standard InChI is InChI=1S/C11H12ClN3O2S/c1-15-6-8(5-14-15)7-18(16,17)11-9(12)3-2-4-10(11)13/h2-6H,7,13H2,1H3. The zero-order chi connectivity index (χ0) is 13.3. The second kappa shape index (κ2) is 4.62. The zero-order valence-corrected chi connectivity index (χ0v) is 11.2. The van der Waals surface area contributed by atoms with Gasteiger partial charge in [0.1, 0.15) is 4.90 Å². The molecule has 0 fully saturated rings. The Kier molecular flexibility index (Phi) is 3.32. The summed E-state index contributed by atoms with van der Waals surface area (Å²) in [7, 11) is -1.85. The maximum atomic E-state index is 12.3. The van der Waals surface area contributed by atoms with Gasteiger partial charge in [0, 0.05) is 18.8 Å². The highest BCUT2D eigenvalue weighted by Crippen LogP contribution is 2.29. The van der Waals surface area contributed by atoms with E-state index in [9.17, 15) is 8.42 Å². The van der Waals surface area contributed by atoms with E-state index in [1.54, 1.807) is 24.0 Å². The molecule has 0 bridgehead atoms. The molecule has 96 valence electrons. The van der Waals surface area contributed by atoms with Crippen LogP contribution in [0.25, 0.3) is 0 Å². The Morgan fingerprint density at radius 3 is 2.72 bits per heavy atom. The first-order valence-corrected chi connectivity index (χ1v) is 7.17. The molecule has 7 heteroatoms. The van der Waals surface area contributed by atoms with E-state index in [1.165, 1.54) is 18.3 Å². The van der Waals surface area contributed by atoms with Crippen molar-refractivity contribution in [2.75, 3.05) is 5.73 Å².